The molecule has 2 heterocycles. The fourth-order valence-corrected chi connectivity index (χ4v) is 4.42. The molecule has 0 unspecified atom stereocenters. The quantitative estimate of drug-likeness (QED) is 0.682. The van der Waals surface area contributed by atoms with E-state index in [1.807, 2.05) is 45.0 Å². The Hall–Kier alpha value is -2.80. The highest BCUT2D eigenvalue weighted by atomic mass is 16.5. The van der Waals surface area contributed by atoms with Crippen molar-refractivity contribution in [3.8, 4) is 11.5 Å². The van der Waals surface area contributed by atoms with Gasteiger partial charge in [-0.05, 0) is 70.5 Å². The van der Waals surface area contributed by atoms with Crippen LogP contribution in [0.3, 0.4) is 0 Å². The highest BCUT2D eigenvalue weighted by Crippen LogP contribution is 2.36. The van der Waals surface area contributed by atoms with Crippen molar-refractivity contribution in [1.29, 1.82) is 0 Å². The van der Waals surface area contributed by atoms with Crippen LogP contribution in [-0.4, -0.2) is 47.3 Å². The normalized spacial score (nSPS) is 16.1. The molecule has 1 fully saturated rings. The summed E-state index contributed by atoms with van der Waals surface area (Å²) in [5.74, 6) is 0.435. The number of rotatable bonds is 7. The number of carbonyl (C=O) groups excluding carboxylic acids is 1. The molecule has 0 bridgehead atoms. The molecule has 168 valence electrons. The number of aromatic hydroxyl groups is 1. The predicted octanol–water partition coefficient (Wildman–Crippen LogP) is 3.26. The second kappa shape index (κ2) is 10.0. The number of nitrogens with zero attached hydrogens (tertiary/aromatic N) is 2. The zero-order valence-electron chi connectivity index (χ0n) is 18.8. The topological polar surface area (TPSA) is 81.0 Å². The van der Waals surface area contributed by atoms with Crippen LogP contribution in [0.1, 0.15) is 49.6 Å². The molecule has 1 saturated heterocycles. The highest BCUT2D eigenvalue weighted by Gasteiger charge is 2.34. The molecule has 1 aliphatic heterocycles. The number of ether oxygens (including phenoxy) is 2. The Kier molecular flexibility index (Phi) is 7.38. The number of carbonyl (C=O) groups is 1. The van der Waals surface area contributed by atoms with Crippen LogP contribution in [0.5, 0.6) is 11.5 Å². The maximum absolute atomic E-state index is 13.4. The number of aryl methyl sites for hydroxylation is 1. The van der Waals surface area contributed by atoms with Gasteiger partial charge in [-0.2, -0.15) is 0 Å². The van der Waals surface area contributed by atoms with Gasteiger partial charge in [0.1, 0.15) is 11.5 Å². The van der Waals surface area contributed by atoms with Crippen molar-refractivity contribution in [2.45, 2.75) is 46.2 Å². The average molecular weight is 429 g/mol. The first-order valence-corrected chi connectivity index (χ1v) is 10.9. The van der Waals surface area contributed by atoms with Crippen LogP contribution in [-0.2, 0) is 16.1 Å². The molecule has 3 rings (SSSR count). The molecule has 7 heteroatoms. The van der Waals surface area contributed by atoms with Gasteiger partial charge in [-0.15, -0.1) is 0 Å². The van der Waals surface area contributed by atoms with Crippen LogP contribution in [0.2, 0.25) is 0 Å². The SMILES string of the molecule is CCOC(=O)C1CCN([C@H](c2ccc(OC)cc2)c2c(O)cc(C)n(CC)c2=O)CC1. The molecule has 0 spiro atoms. The molecule has 0 amide bonds. The molecule has 1 aromatic carbocycles. The van der Waals surface area contributed by atoms with Crippen molar-refractivity contribution in [1.82, 2.24) is 9.47 Å². The van der Waals surface area contributed by atoms with E-state index >= 15 is 0 Å². The number of hydrogen-bond donors (Lipinski definition) is 1. The zero-order valence-corrected chi connectivity index (χ0v) is 18.8. The number of aromatic nitrogens is 1. The first-order valence-electron chi connectivity index (χ1n) is 10.9. The van der Waals surface area contributed by atoms with E-state index in [0.717, 1.165) is 17.0 Å². The second-order valence-electron chi connectivity index (χ2n) is 7.87. The van der Waals surface area contributed by atoms with Crippen LogP contribution in [0, 0.1) is 12.8 Å². The fraction of sp³-hybridized carbons (Fsp3) is 0.500. The molecular formula is C24H32N2O5. The van der Waals surface area contributed by atoms with Crippen molar-refractivity contribution in [2.75, 3.05) is 26.8 Å². The lowest BCUT2D eigenvalue weighted by Crippen LogP contribution is -2.42. The smallest absolute Gasteiger partial charge is 0.309 e. The van der Waals surface area contributed by atoms with Crippen LogP contribution < -0.4 is 10.3 Å². The van der Waals surface area contributed by atoms with Gasteiger partial charge < -0.3 is 19.1 Å². The third-order valence-electron chi connectivity index (χ3n) is 6.06. The Bertz CT molecular complexity index is 959. The summed E-state index contributed by atoms with van der Waals surface area (Å²) in [6, 6.07) is 8.81. The number of pyridine rings is 1. The number of likely N-dealkylation sites (tertiary alicyclic amines) is 1. The molecule has 0 radical (unpaired) electrons. The summed E-state index contributed by atoms with van der Waals surface area (Å²) in [6.07, 6.45) is 1.31. The number of benzene rings is 1. The van der Waals surface area contributed by atoms with E-state index in [1.54, 1.807) is 17.7 Å². The van der Waals surface area contributed by atoms with Crippen molar-refractivity contribution in [3.63, 3.8) is 0 Å². The Morgan fingerprint density at radius 1 is 1.19 bits per heavy atom. The van der Waals surface area contributed by atoms with Crippen LogP contribution in [0.4, 0.5) is 0 Å². The first kappa shape index (κ1) is 22.9. The van der Waals surface area contributed by atoms with E-state index in [4.69, 9.17) is 9.47 Å². The van der Waals surface area contributed by atoms with E-state index in [-0.39, 0.29) is 23.2 Å². The Morgan fingerprint density at radius 3 is 2.39 bits per heavy atom. The molecule has 1 aromatic heterocycles. The van der Waals surface area contributed by atoms with Gasteiger partial charge in [0, 0.05) is 12.2 Å². The van der Waals surface area contributed by atoms with Gasteiger partial charge in [0.15, 0.2) is 0 Å². The van der Waals surface area contributed by atoms with Gasteiger partial charge in [-0.1, -0.05) is 12.1 Å². The Morgan fingerprint density at radius 2 is 1.84 bits per heavy atom. The van der Waals surface area contributed by atoms with Gasteiger partial charge in [0.25, 0.3) is 5.56 Å². The standard InChI is InChI=1S/C24H32N2O5/c1-5-26-16(3)15-20(27)21(23(26)28)22(17-7-9-19(30-4)10-8-17)25-13-11-18(12-14-25)24(29)31-6-2/h7-10,15,18,22,27H,5-6,11-14H2,1-4H3/t22-/m1/s1. The number of esters is 1. The van der Waals surface area contributed by atoms with E-state index in [0.29, 0.717) is 44.6 Å². The number of methoxy groups -OCH3 is 1. The summed E-state index contributed by atoms with van der Waals surface area (Å²) in [6.45, 7) is 7.70. The number of piperidine rings is 1. The largest absolute Gasteiger partial charge is 0.507 e. The van der Waals surface area contributed by atoms with Gasteiger partial charge >= 0.3 is 5.97 Å². The van der Waals surface area contributed by atoms with E-state index in [2.05, 4.69) is 4.90 Å². The molecular weight excluding hydrogens is 396 g/mol. The third-order valence-corrected chi connectivity index (χ3v) is 6.06. The first-order chi connectivity index (χ1) is 14.9. The summed E-state index contributed by atoms with van der Waals surface area (Å²) < 4.78 is 12.1. The van der Waals surface area contributed by atoms with Crippen molar-refractivity contribution >= 4 is 5.97 Å². The highest BCUT2D eigenvalue weighted by molar-refractivity contribution is 5.72. The molecule has 2 aromatic rings. The van der Waals surface area contributed by atoms with Gasteiger partial charge in [-0.25, -0.2) is 0 Å². The third kappa shape index (κ3) is 4.77. The summed E-state index contributed by atoms with van der Waals surface area (Å²) in [5.41, 5.74) is 1.80. The number of hydrogen-bond acceptors (Lipinski definition) is 6. The lowest BCUT2D eigenvalue weighted by atomic mass is 9.91. The van der Waals surface area contributed by atoms with Gasteiger partial charge in [0.2, 0.25) is 0 Å². The van der Waals surface area contributed by atoms with Gasteiger partial charge in [-0.3, -0.25) is 14.5 Å². The van der Waals surface area contributed by atoms with E-state index < -0.39 is 6.04 Å². The molecule has 7 nitrogen and oxygen atoms in total. The predicted molar refractivity (Wildman–Crippen MR) is 119 cm³/mol. The minimum absolute atomic E-state index is 0.000495. The summed E-state index contributed by atoms with van der Waals surface area (Å²) >= 11 is 0. The maximum atomic E-state index is 13.4. The average Bonchev–Trinajstić information content (AvgIpc) is 2.77. The Balaban J connectivity index is 2.02. The lowest BCUT2D eigenvalue weighted by molar-refractivity contribution is -0.149. The summed E-state index contributed by atoms with van der Waals surface area (Å²) in [5, 5.41) is 10.8. The van der Waals surface area contributed by atoms with Crippen molar-refractivity contribution in [2.24, 2.45) is 5.92 Å². The van der Waals surface area contributed by atoms with Crippen molar-refractivity contribution < 1.29 is 19.4 Å². The minimum atomic E-state index is -0.417. The fourth-order valence-electron chi connectivity index (χ4n) is 4.42. The lowest BCUT2D eigenvalue weighted by Gasteiger charge is -2.37. The maximum Gasteiger partial charge on any atom is 0.309 e. The zero-order chi connectivity index (χ0) is 22.5. The minimum Gasteiger partial charge on any atom is -0.507 e. The van der Waals surface area contributed by atoms with E-state index in [9.17, 15) is 14.7 Å². The molecule has 0 aliphatic carbocycles. The van der Waals surface area contributed by atoms with Crippen molar-refractivity contribution in [3.05, 3.63) is 57.5 Å². The molecule has 1 N–H and O–H groups in total. The Labute approximate surface area is 183 Å². The van der Waals surface area contributed by atoms with Crippen LogP contribution in [0.25, 0.3) is 0 Å². The summed E-state index contributed by atoms with van der Waals surface area (Å²) in [7, 11) is 1.61. The molecule has 0 saturated carbocycles. The summed E-state index contributed by atoms with van der Waals surface area (Å²) in [4.78, 5) is 27.7. The van der Waals surface area contributed by atoms with Gasteiger partial charge in [0.05, 0.1) is 31.2 Å². The molecule has 1 atom stereocenters. The van der Waals surface area contributed by atoms with Crippen LogP contribution in [0.15, 0.2) is 35.1 Å². The molecule has 31 heavy (non-hydrogen) atoms. The van der Waals surface area contributed by atoms with E-state index in [1.165, 1.54) is 0 Å². The second-order valence-corrected chi connectivity index (χ2v) is 7.87. The molecule has 1 aliphatic rings. The van der Waals surface area contributed by atoms with Crippen LogP contribution >= 0.6 is 0 Å². The monoisotopic (exact) mass is 428 g/mol.